The maximum atomic E-state index is 5.29. The predicted octanol–water partition coefficient (Wildman–Crippen LogP) is 3.85. The minimum absolute atomic E-state index is 0.598. The highest BCUT2D eigenvalue weighted by Gasteiger charge is 2.02. The minimum Gasteiger partial charge on any atom is -0.357 e. The maximum absolute atomic E-state index is 5.29. The molecule has 0 fully saturated rings. The third-order valence-corrected chi connectivity index (χ3v) is 4.56. The highest BCUT2D eigenvalue weighted by atomic mass is 79.9. The van der Waals surface area contributed by atoms with E-state index in [1.165, 1.54) is 5.56 Å². The van der Waals surface area contributed by atoms with Gasteiger partial charge < -0.3 is 5.32 Å². The molecule has 0 aliphatic carbocycles. The number of thiocarbonyl (C=S) groups is 1. The number of hydrogen-bond donors (Lipinski definition) is 1. The van der Waals surface area contributed by atoms with Gasteiger partial charge in [-0.3, -0.25) is 0 Å². The van der Waals surface area contributed by atoms with E-state index in [1.807, 2.05) is 36.7 Å². The monoisotopic (exact) mass is 367 g/mol. The molecule has 0 saturated heterocycles. The van der Waals surface area contributed by atoms with E-state index in [1.54, 1.807) is 22.6 Å². The first-order chi connectivity index (χ1) is 9.65. The van der Waals surface area contributed by atoms with Crippen molar-refractivity contribution in [2.45, 2.75) is 6.54 Å². The molecule has 0 radical (unpaired) electrons. The second-order valence-corrected chi connectivity index (χ2v) is 6.32. The van der Waals surface area contributed by atoms with Crippen molar-refractivity contribution < 1.29 is 0 Å². The molecule has 1 aromatic heterocycles. The quantitative estimate of drug-likeness (QED) is 0.505. The lowest BCUT2D eigenvalue weighted by atomic mass is 10.2. The first kappa shape index (κ1) is 15.2. The lowest BCUT2D eigenvalue weighted by molar-refractivity contribution is 0.532. The van der Waals surface area contributed by atoms with E-state index in [0.29, 0.717) is 11.7 Å². The van der Waals surface area contributed by atoms with Crippen LogP contribution >= 0.6 is 39.5 Å². The number of hydrazone groups is 1. The van der Waals surface area contributed by atoms with Crippen molar-refractivity contribution in [3.05, 3.63) is 56.7 Å². The van der Waals surface area contributed by atoms with Gasteiger partial charge in [0, 0.05) is 28.3 Å². The van der Waals surface area contributed by atoms with Crippen LogP contribution in [0.1, 0.15) is 10.4 Å². The van der Waals surface area contributed by atoms with Gasteiger partial charge in [0.1, 0.15) is 0 Å². The first-order valence-corrected chi connectivity index (χ1v) is 8.07. The van der Waals surface area contributed by atoms with E-state index in [0.717, 1.165) is 9.35 Å². The Bertz CT molecular complexity index is 595. The van der Waals surface area contributed by atoms with E-state index >= 15 is 0 Å². The fourth-order valence-corrected chi connectivity index (χ4v) is 2.90. The molecule has 1 N–H and O–H groups in total. The summed E-state index contributed by atoms with van der Waals surface area (Å²) in [5.74, 6) is 0. The van der Waals surface area contributed by atoms with Gasteiger partial charge in [0.25, 0.3) is 0 Å². The molecule has 3 nitrogen and oxygen atoms in total. The maximum Gasteiger partial charge on any atom is 0.189 e. The molecule has 0 amide bonds. The van der Waals surface area contributed by atoms with Crippen molar-refractivity contribution in [1.29, 1.82) is 0 Å². The fourth-order valence-electron chi connectivity index (χ4n) is 1.48. The van der Waals surface area contributed by atoms with Crippen molar-refractivity contribution >= 4 is 50.8 Å². The van der Waals surface area contributed by atoms with Crippen LogP contribution in [0.3, 0.4) is 0 Å². The fraction of sp³-hybridized carbons (Fsp3) is 0.143. The summed E-state index contributed by atoms with van der Waals surface area (Å²) in [6, 6.07) is 12.1. The van der Waals surface area contributed by atoms with E-state index in [9.17, 15) is 0 Å². The molecule has 0 aliphatic heterocycles. The van der Waals surface area contributed by atoms with Gasteiger partial charge in [0.05, 0.1) is 6.21 Å². The molecule has 2 rings (SSSR count). The Balaban J connectivity index is 1.84. The van der Waals surface area contributed by atoms with Crippen molar-refractivity contribution in [2.75, 3.05) is 7.05 Å². The smallest absolute Gasteiger partial charge is 0.189 e. The average Bonchev–Trinajstić information content (AvgIpc) is 2.89. The minimum atomic E-state index is 0.598. The van der Waals surface area contributed by atoms with Crippen LogP contribution in [-0.4, -0.2) is 23.4 Å². The van der Waals surface area contributed by atoms with Crippen LogP contribution in [0.2, 0.25) is 0 Å². The molecule has 1 heterocycles. The highest BCUT2D eigenvalue weighted by molar-refractivity contribution is 9.10. The molecular weight excluding hydrogens is 354 g/mol. The van der Waals surface area contributed by atoms with Gasteiger partial charge in [-0.2, -0.15) is 5.10 Å². The lowest BCUT2D eigenvalue weighted by Gasteiger charge is -2.15. The van der Waals surface area contributed by atoms with Crippen LogP contribution in [0.25, 0.3) is 0 Å². The second-order valence-electron chi connectivity index (χ2n) is 4.08. The van der Waals surface area contributed by atoms with Gasteiger partial charge in [-0.25, -0.2) is 5.01 Å². The Labute approximate surface area is 136 Å². The number of nitrogens with one attached hydrogen (secondary N) is 1. The standard InChI is InChI=1S/C14H14BrN3S2/c1-18(17-9-13-7-12(15)10-20-13)14(19)16-8-11-5-3-2-4-6-11/h2-7,9-10H,8H2,1H3,(H,16,19)/b17-9-. The van der Waals surface area contributed by atoms with E-state index < -0.39 is 0 Å². The molecule has 0 bridgehead atoms. The molecule has 0 aliphatic rings. The van der Waals surface area contributed by atoms with Crippen LogP contribution in [0.5, 0.6) is 0 Å². The van der Waals surface area contributed by atoms with Crippen molar-refractivity contribution in [3.63, 3.8) is 0 Å². The molecule has 0 spiro atoms. The zero-order chi connectivity index (χ0) is 14.4. The Morgan fingerprint density at radius 2 is 2.20 bits per heavy atom. The molecule has 2 aromatic rings. The summed E-state index contributed by atoms with van der Waals surface area (Å²) in [5, 5.41) is 11.8. The van der Waals surface area contributed by atoms with Crippen LogP contribution < -0.4 is 5.32 Å². The third-order valence-electron chi connectivity index (χ3n) is 2.53. The van der Waals surface area contributed by atoms with Crippen molar-refractivity contribution in [3.8, 4) is 0 Å². The second kappa shape index (κ2) is 7.52. The molecule has 0 saturated carbocycles. The third kappa shape index (κ3) is 4.70. The molecular formula is C14H14BrN3S2. The van der Waals surface area contributed by atoms with Crippen molar-refractivity contribution in [2.24, 2.45) is 5.10 Å². The molecule has 0 unspecified atom stereocenters. The molecule has 0 atom stereocenters. The Morgan fingerprint density at radius 3 is 2.85 bits per heavy atom. The summed E-state index contributed by atoms with van der Waals surface area (Å²) in [4.78, 5) is 1.08. The zero-order valence-corrected chi connectivity index (χ0v) is 14.1. The lowest BCUT2D eigenvalue weighted by Crippen LogP contribution is -2.33. The summed E-state index contributed by atoms with van der Waals surface area (Å²) < 4.78 is 1.07. The number of thiophene rings is 1. The van der Waals surface area contributed by atoms with Gasteiger partial charge in [-0.1, -0.05) is 30.3 Å². The number of rotatable bonds is 4. The average molecular weight is 368 g/mol. The van der Waals surface area contributed by atoms with Crippen LogP contribution in [0.15, 0.2) is 51.4 Å². The normalized spacial score (nSPS) is 10.7. The zero-order valence-electron chi connectivity index (χ0n) is 10.9. The largest absolute Gasteiger partial charge is 0.357 e. The molecule has 20 heavy (non-hydrogen) atoms. The summed E-state index contributed by atoms with van der Waals surface area (Å²) in [6.45, 7) is 0.698. The van der Waals surface area contributed by atoms with Crippen molar-refractivity contribution in [1.82, 2.24) is 10.3 Å². The summed E-state index contributed by atoms with van der Waals surface area (Å²) >= 11 is 10.3. The topological polar surface area (TPSA) is 27.6 Å². The molecule has 6 heteroatoms. The Kier molecular flexibility index (Phi) is 5.70. The van der Waals surface area contributed by atoms with E-state index in [2.05, 4.69) is 38.5 Å². The summed E-state index contributed by atoms with van der Waals surface area (Å²) in [6.07, 6.45) is 1.80. The number of benzene rings is 1. The Hall–Kier alpha value is -1.24. The van der Waals surface area contributed by atoms with E-state index in [4.69, 9.17) is 12.2 Å². The van der Waals surface area contributed by atoms with Gasteiger partial charge >= 0.3 is 0 Å². The van der Waals surface area contributed by atoms with Gasteiger partial charge in [0.15, 0.2) is 5.11 Å². The number of nitrogens with zero attached hydrogens (tertiary/aromatic N) is 2. The predicted molar refractivity (Wildman–Crippen MR) is 93.3 cm³/mol. The van der Waals surface area contributed by atoms with Gasteiger partial charge in [-0.05, 0) is 39.8 Å². The highest BCUT2D eigenvalue weighted by Crippen LogP contribution is 2.17. The summed E-state index contributed by atoms with van der Waals surface area (Å²) in [5.41, 5.74) is 1.19. The summed E-state index contributed by atoms with van der Waals surface area (Å²) in [7, 11) is 1.83. The van der Waals surface area contributed by atoms with E-state index in [-0.39, 0.29) is 0 Å². The van der Waals surface area contributed by atoms with Crippen LogP contribution in [0.4, 0.5) is 0 Å². The SMILES string of the molecule is CN(/N=C\c1cc(Br)cs1)C(=S)NCc1ccccc1. The van der Waals surface area contributed by atoms with Gasteiger partial charge in [-0.15, -0.1) is 11.3 Å². The first-order valence-electron chi connectivity index (χ1n) is 5.98. The van der Waals surface area contributed by atoms with Crippen LogP contribution in [-0.2, 0) is 6.54 Å². The number of halogens is 1. The molecule has 1 aromatic carbocycles. The Morgan fingerprint density at radius 1 is 1.45 bits per heavy atom. The van der Waals surface area contributed by atoms with Gasteiger partial charge in [0.2, 0.25) is 0 Å². The number of hydrogen-bond acceptors (Lipinski definition) is 3. The molecule has 104 valence electrons. The van der Waals surface area contributed by atoms with Crippen LogP contribution in [0, 0.1) is 0 Å².